The molecule has 0 amide bonds. The summed E-state index contributed by atoms with van der Waals surface area (Å²) in [5.41, 5.74) is 0. The number of allylic oxidation sites excluding steroid dienone is 8. The van der Waals surface area contributed by atoms with Crippen LogP contribution >= 0.6 is 0 Å². The summed E-state index contributed by atoms with van der Waals surface area (Å²) in [4.78, 5) is 0. The molecule has 0 bridgehead atoms. The van der Waals surface area contributed by atoms with Crippen molar-refractivity contribution in [2.45, 2.75) is 52.1 Å². The third kappa shape index (κ3) is 7.26. The van der Waals surface area contributed by atoms with Gasteiger partial charge in [0.2, 0.25) is 0 Å². The smallest absolute Gasteiger partial charge is 1.00 e. The van der Waals surface area contributed by atoms with Gasteiger partial charge in [0, 0.05) is 16.1 Å². The second-order valence-corrected chi connectivity index (χ2v) is 17.0. The van der Waals surface area contributed by atoms with Gasteiger partial charge in [-0.15, -0.1) is 12.8 Å². The van der Waals surface area contributed by atoms with Gasteiger partial charge < -0.3 is 1.43 Å². The second kappa shape index (κ2) is 8.16. The Bertz CT molecular complexity index is 367. The van der Waals surface area contributed by atoms with Crippen molar-refractivity contribution >= 4 is 16.1 Å². The van der Waals surface area contributed by atoms with E-state index in [1.807, 2.05) is 0 Å². The fourth-order valence-electron chi connectivity index (χ4n) is 1.84. The Morgan fingerprint density at radius 2 is 1.11 bits per heavy atom. The maximum Gasteiger partial charge on any atom is 3.00 e. The molecule has 2 rings (SSSR count). The van der Waals surface area contributed by atoms with Gasteiger partial charge in [0.1, 0.15) is 0 Å². The van der Waals surface area contributed by atoms with Crippen LogP contribution in [0.25, 0.3) is 0 Å². The third-order valence-electron chi connectivity index (χ3n) is 3.01. The fraction of sp³-hybridized carbons (Fsp3) is 0.500. The first-order chi connectivity index (χ1) is 8.21. The molecule has 0 saturated carbocycles. The SMILES string of the molecule is C[Si](C)(C)C1=[C-]CC=C1.C[Si](C)(C)C1=[C-]CC=C1.[H-].[Lu+3]. The number of rotatable bonds is 2. The summed E-state index contributed by atoms with van der Waals surface area (Å²) in [7, 11) is -2.01. The molecular formula is C16H27LuSi2. The van der Waals surface area contributed by atoms with Crippen molar-refractivity contribution in [3.05, 3.63) is 46.8 Å². The first-order valence-corrected chi connectivity index (χ1v) is 13.8. The molecule has 3 heteroatoms. The Hall–Kier alpha value is 0.628. The van der Waals surface area contributed by atoms with E-state index < -0.39 is 16.1 Å². The van der Waals surface area contributed by atoms with Gasteiger partial charge in [-0.3, -0.25) is 12.2 Å². The molecular weight excluding hydrogens is 423 g/mol. The Kier molecular flexibility index (Phi) is 8.43. The number of hydrogen-bond donors (Lipinski definition) is 0. The first kappa shape index (κ1) is 19.6. The van der Waals surface area contributed by atoms with Crippen LogP contribution in [0.15, 0.2) is 34.7 Å². The number of hydrogen-bond acceptors (Lipinski definition) is 0. The molecule has 0 N–H and O–H groups in total. The van der Waals surface area contributed by atoms with Crippen molar-refractivity contribution in [3.8, 4) is 0 Å². The summed E-state index contributed by atoms with van der Waals surface area (Å²) in [5.74, 6) is 0. The molecule has 114 valence electrons. The van der Waals surface area contributed by atoms with Crippen LogP contribution in [0.1, 0.15) is 14.3 Å². The molecule has 0 aromatic carbocycles. The summed E-state index contributed by atoms with van der Waals surface area (Å²) in [6, 6.07) is 0. The minimum atomic E-state index is -1.01. The predicted molar refractivity (Wildman–Crippen MR) is 88.8 cm³/mol. The van der Waals surface area contributed by atoms with E-state index in [-0.39, 0.29) is 38.3 Å². The van der Waals surface area contributed by atoms with Crippen molar-refractivity contribution in [3.63, 3.8) is 0 Å². The van der Waals surface area contributed by atoms with E-state index in [1.165, 1.54) is 10.4 Å². The second-order valence-electron chi connectivity index (χ2n) is 6.89. The maximum absolute atomic E-state index is 3.36. The zero-order valence-electron chi connectivity index (χ0n) is 14.0. The van der Waals surface area contributed by atoms with Crippen molar-refractivity contribution in [1.82, 2.24) is 0 Å². The molecule has 19 heavy (non-hydrogen) atoms. The van der Waals surface area contributed by atoms with Crippen LogP contribution in [0.4, 0.5) is 0 Å². The molecule has 2 aliphatic rings. The minimum Gasteiger partial charge on any atom is -1.00 e. The summed E-state index contributed by atoms with van der Waals surface area (Å²) >= 11 is 0. The Labute approximate surface area is 152 Å². The molecule has 0 radical (unpaired) electrons. The van der Waals surface area contributed by atoms with Crippen molar-refractivity contribution < 1.29 is 38.3 Å². The Balaban J connectivity index is 0. The van der Waals surface area contributed by atoms with Crippen LogP contribution in [0.3, 0.4) is 0 Å². The average molecular weight is 451 g/mol. The van der Waals surface area contributed by atoms with E-state index in [1.54, 1.807) is 0 Å². The monoisotopic (exact) mass is 450 g/mol. The molecule has 0 spiro atoms. The summed E-state index contributed by atoms with van der Waals surface area (Å²) in [6.07, 6.45) is 17.6. The van der Waals surface area contributed by atoms with Crippen LogP contribution in [-0.2, 0) is 0 Å². The van der Waals surface area contributed by atoms with Gasteiger partial charge in [-0.05, 0) is 0 Å². The Morgan fingerprint density at radius 3 is 1.21 bits per heavy atom. The van der Waals surface area contributed by atoms with Gasteiger partial charge >= 0.3 is 36.9 Å². The van der Waals surface area contributed by atoms with Crippen LogP contribution in [-0.4, -0.2) is 16.1 Å². The van der Waals surface area contributed by atoms with Gasteiger partial charge in [0.05, 0.1) is 0 Å². The van der Waals surface area contributed by atoms with Crippen molar-refractivity contribution in [2.75, 3.05) is 0 Å². The maximum atomic E-state index is 3.36. The third-order valence-corrected chi connectivity index (χ3v) is 6.92. The van der Waals surface area contributed by atoms with Gasteiger partial charge in [0.15, 0.2) is 0 Å². The van der Waals surface area contributed by atoms with Gasteiger partial charge in [-0.2, -0.15) is 12.2 Å². The molecule has 0 aromatic heterocycles. The minimum absolute atomic E-state index is 0. The van der Waals surface area contributed by atoms with E-state index in [2.05, 4.69) is 75.7 Å². The first-order valence-electron chi connectivity index (χ1n) is 6.77. The molecule has 0 heterocycles. The predicted octanol–water partition coefficient (Wildman–Crippen LogP) is 5.22. The van der Waals surface area contributed by atoms with Crippen LogP contribution in [0.5, 0.6) is 0 Å². The van der Waals surface area contributed by atoms with E-state index in [0.29, 0.717) is 0 Å². The fourth-order valence-corrected chi connectivity index (χ4v) is 4.34. The Morgan fingerprint density at radius 1 is 0.789 bits per heavy atom. The standard InChI is InChI=1S/2C8H13Si.Lu.H/c2*1-9(2,3)8-6-4-5-7-8;;/h2*4,6H,5H2,1-3H3;;/q2*-1;+3;-1. The van der Waals surface area contributed by atoms with E-state index in [4.69, 9.17) is 0 Å². The molecule has 0 aromatic rings. The zero-order chi connectivity index (χ0) is 13.8. The normalized spacial score (nSPS) is 17.4. The van der Waals surface area contributed by atoms with Crippen LogP contribution in [0.2, 0.25) is 39.3 Å². The van der Waals surface area contributed by atoms with Gasteiger partial charge in [-0.1, -0.05) is 39.3 Å². The van der Waals surface area contributed by atoms with E-state index >= 15 is 0 Å². The zero-order valence-corrected chi connectivity index (χ0v) is 16.6. The van der Waals surface area contributed by atoms with Crippen LogP contribution < -0.4 is 0 Å². The van der Waals surface area contributed by atoms with Gasteiger partial charge in [-0.25, -0.2) is 22.5 Å². The molecule has 2 aliphatic carbocycles. The average Bonchev–Trinajstić information content (AvgIpc) is 2.91. The summed E-state index contributed by atoms with van der Waals surface area (Å²) in [5, 5.41) is 2.98. The van der Waals surface area contributed by atoms with E-state index in [0.717, 1.165) is 12.8 Å². The van der Waals surface area contributed by atoms with E-state index in [9.17, 15) is 0 Å². The van der Waals surface area contributed by atoms with Gasteiger partial charge in [0.25, 0.3) is 0 Å². The van der Waals surface area contributed by atoms with Crippen LogP contribution in [0, 0.1) is 49.0 Å². The molecule has 0 saturated heterocycles. The molecule has 0 atom stereocenters. The molecule has 0 aliphatic heterocycles. The summed E-state index contributed by atoms with van der Waals surface area (Å²) in [6.45, 7) is 14.1. The topological polar surface area (TPSA) is 0 Å². The largest absolute Gasteiger partial charge is 3.00 e. The molecule has 0 unspecified atom stereocenters. The van der Waals surface area contributed by atoms with Crippen molar-refractivity contribution in [2.24, 2.45) is 0 Å². The molecule has 0 nitrogen and oxygen atoms in total. The quantitative estimate of drug-likeness (QED) is 0.400. The van der Waals surface area contributed by atoms with Crippen molar-refractivity contribution in [1.29, 1.82) is 0 Å². The molecule has 0 fully saturated rings. The summed E-state index contributed by atoms with van der Waals surface area (Å²) < 4.78 is 0.